The molecule has 0 spiro atoms. The second-order valence-corrected chi connectivity index (χ2v) is 9.12. The fraction of sp³-hybridized carbons (Fsp3) is 0.389. The van der Waals surface area contributed by atoms with Gasteiger partial charge in [0.1, 0.15) is 5.75 Å². The number of rotatable bonds is 3. The van der Waals surface area contributed by atoms with Gasteiger partial charge in [-0.3, -0.25) is 4.79 Å². The van der Waals surface area contributed by atoms with Crippen LogP contribution in [0.15, 0.2) is 72.8 Å². The molecular weight excluding hydrogens is 656 g/mol. The molecule has 3 rings (SSSR count). The van der Waals surface area contributed by atoms with Crippen LogP contribution in [0, 0.1) is 19.8 Å². The molecule has 0 aliphatic carbocycles. The van der Waals surface area contributed by atoms with Crippen molar-refractivity contribution in [2.45, 2.75) is 94.9 Å². The maximum absolute atomic E-state index is 10.8. The molecule has 226 valence electrons. The van der Waals surface area contributed by atoms with Crippen LogP contribution in [0.1, 0.15) is 105 Å². The molecule has 0 saturated carbocycles. The SMILES string of the molecule is CC.CC.CC.CC(=O)Nc1ccc(C(C)(C)C)cc1.[CH2-]Cc1ccc(O)cc1.[CH2-]c1ccc([C-](C)C)cc1.[Y].[Y]. The van der Waals surface area contributed by atoms with Gasteiger partial charge in [-0.1, -0.05) is 106 Å². The summed E-state index contributed by atoms with van der Waals surface area (Å²) >= 11 is 0. The number of phenols is 1. The molecule has 2 N–H and O–H groups in total. The van der Waals surface area contributed by atoms with Gasteiger partial charge in [-0.25, -0.2) is 42.3 Å². The number of nitrogens with one attached hydrogen (secondary N) is 1. The van der Waals surface area contributed by atoms with Crippen LogP contribution in [-0.4, -0.2) is 11.0 Å². The number of anilines is 1. The van der Waals surface area contributed by atoms with Crippen LogP contribution >= 0.6 is 0 Å². The topological polar surface area (TPSA) is 49.3 Å². The van der Waals surface area contributed by atoms with Crippen molar-refractivity contribution < 1.29 is 75.3 Å². The molecule has 0 heterocycles. The molecule has 3 aromatic rings. The first-order valence-electron chi connectivity index (χ1n) is 14.1. The van der Waals surface area contributed by atoms with E-state index in [0.29, 0.717) is 5.75 Å². The van der Waals surface area contributed by atoms with Crippen LogP contribution in [0.2, 0.25) is 0 Å². The molecule has 0 aliphatic rings. The van der Waals surface area contributed by atoms with E-state index in [-0.39, 0.29) is 76.7 Å². The predicted octanol–water partition coefficient (Wildman–Crippen LogP) is 10.6. The van der Waals surface area contributed by atoms with E-state index in [2.05, 4.69) is 65.9 Å². The Labute approximate surface area is 304 Å². The second kappa shape index (κ2) is 30.3. The number of amides is 1. The van der Waals surface area contributed by atoms with Crippen LogP contribution in [0.3, 0.4) is 0 Å². The van der Waals surface area contributed by atoms with Gasteiger partial charge < -0.3 is 17.3 Å². The summed E-state index contributed by atoms with van der Waals surface area (Å²) in [4.78, 5) is 10.8. The van der Waals surface area contributed by atoms with Gasteiger partial charge in [-0.15, -0.1) is 0 Å². The predicted molar refractivity (Wildman–Crippen MR) is 175 cm³/mol. The van der Waals surface area contributed by atoms with E-state index in [0.717, 1.165) is 23.2 Å². The smallest absolute Gasteiger partial charge is 0.221 e. The third-order valence-corrected chi connectivity index (χ3v) is 4.83. The summed E-state index contributed by atoms with van der Waals surface area (Å²) in [5, 5.41) is 11.6. The first kappa shape index (κ1) is 49.5. The average Bonchev–Trinajstić information content (AvgIpc) is 2.93. The standard InChI is InChI=1S/C12H17NO.C10H12.C8H9O.3C2H6.2Y/c1-9(14)13-11-7-5-10(6-8-11)12(2,3)4;1-8(2)10-6-4-9(3)5-7-10;1-2-7-3-5-8(9)6-4-7;3*1-2;;/h5-8H,1-4H3,(H,13,14);4-7H,3H2,1-2H3;3-6,9H,1-2H2;3*1-2H3;;/q;-2;-1;;;;;. The number of aromatic hydroxyl groups is 1. The number of carbonyl (C=O) groups is 1. The van der Waals surface area contributed by atoms with Gasteiger partial charge >= 0.3 is 0 Å². The van der Waals surface area contributed by atoms with Crippen molar-refractivity contribution in [1.29, 1.82) is 0 Å². The normalized spacial score (nSPS) is 8.61. The molecule has 3 nitrogen and oxygen atoms in total. The van der Waals surface area contributed by atoms with Crippen LogP contribution in [0.25, 0.3) is 0 Å². The third-order valence-electron chi connectivity index (χ3n) is 4.83. The van der Waals surface area contributed by atoms with Gasteiger partial charge in [0.05, 0.1) is 0 Å². The number of hydrogen-bond acceptors (Lipinski definition) is 2. The summed E-state index contributed by atoms with van der Waals surface area (Å²) in [6.07, 6.45) is 0.778. The van der Waals surface area contributed by atoms with Gasteiger partial charge in [-0.2, -0.15) is 12.3 Å². The maximum atomic E-state index is 10.8. The zero-order valence-corrected chi connectivity index (χ0v) is 33.7. The third kappa shape index (κ3) is 26.3. The Balaban J connectivity index is -0.000000144. The van der Waals surface area contributed by atoms with Crippen molar-refractivity contribution in [1.82, 2.24) is 0 Å². The zero-order valence-electron chi connectivity index (χ0n) is 28.1. The molecule has 1 amide bonds. The van der Waals surface area contributed by atoms with Crippen molar-refractivity contribution in [3.05, 3.63) is 115 Å². The molecule has 2 radical (unpaired) electrons. The summed E-state index contributed by atoms with van der Waals surface area (Å²) in [6, 6.07) is 23.3. The van der Waals surface area contributed by atoms with Crippen LogP contribution < -0.4 is 5.32 Å². The Kier molecular flexibility index (Phi) is 36.7. The fourth-order valence-corrected chi connectivity index (χ4v) is 2.76. The van der Waals surface area contributed by atoms with Gasteiger partial charge in [0.15, 0.2) is 0 Å². The van der Waals surface area contributed by atoms with Gasteiger partial charge in [0.25, 0.3) is 0 Å². The number of benzene rings is 3. The molecule has 3 aromatic carbocycles. The van der Waals surface area contributed by atoms with E-state index in [1.165, 1.54) is 24.0 Å². The molecule has 0 aromatic heterocycles. The van der Waals surface area contributed by atoms with Crippen molar-refractivity contribution in [3.8, 4) is 5.75 Å². The summed E-state index contributed by atoms with van der Waals surface area (Å²) in [5.41, 5.74) is 5.80. The Hall–Kier alpha value is -1.12. The number of phenolic OH excluding ortho intramolecular Hbond substituents is 1. The minimum Gasteiger partial charge on any atom is -0.508 e. The van der Waals surface area contributed by atoms with Crippen molar-refractivity contribution in [2.24, 2.45) is 0 Å². The number of hydrogen-bond donors (Lipinski definition) is 2. The van der Waals surface area contributed by atoms with Crippen LogP contribution in [-0.2, 0) is 82.0 Å². The molecule has 0 atom stereocenters. The first-order valence-corrected chi connectivity index (χ1v) is 14.1. The average molecular weight is 713 g/mol. The molecule has 0 aliphatic heterocycles. The Morgan fingerprint density at radius 1 is 0.780 bits per heavy atom. The monoisotopic (exact) mass is 712 g/mol. The second-order valence-electron chi connectivity index (χ2n) is 9.12. The minimum atomic E-state index is -0.0338. The first-order chi connectivity index (χ1) is 18.4. The molecule has 41 heavy (non-hydrogen) atoms. The van der Waals surface area contributed by atoms with E-state index in [1.807, 2.05) is 90.1 Å². The van der Waals surface area contributed by atoms with E-state index in [4.69, 9.17) is 5.11 Å². The minimum absolute atomic E-state index is 0. The summed E-state index contributed by atoms with van der Waals surface area (Å²) in [7, 11) is 0. The summed E-state index contributed by atoms with van der Waals surface area (Å²) in [6.45, 7) is 31.7. The van der Waals surface area contributed by atoms with Crippen molar-refractivity contribution >= 4 is 11.6 Å². The van der Waals surface area contributed by atoms with E-state index < -0.39 is 0 Å². The van der Waals surface area contributed by atoms with E-state index in [1.54, 1.807) is 12.1 Å². The Morgan fingerprint density at radius 2 is 1.20 bits per heavy atom. The molecule has 0 fully saturated rings. The summed E-state index contributed by atoms with van der Waals surface area (Å²) < 4.78 is 0. The van der Waals surface area contributed by atoms with Crippen molar-refractivity contribution in [3.63, 3.8) is 0 Å². The fourth-order valence-electron chi connectivity index (χ4n) is 2.76. The zero-order chi connectivity index (χ0) is 31.0. The quantitative estimate of drug-likeness (QED) is 0.266. The Bertz CT molecular complexity index is 960. The van der Waals surface area contributed by atoms with Gasteiger partial charge in [0, 0.05) is 78.0 Å². The van der Waals surface area contributed by atoms with Crippen molar-refractivity contribution in [2.75, 3.05) is 5.32 Å². The molecule has 0 bridgehead atoms. The number of carbonyl (C=O) groups excluding carboxylic acids is 1. The van der Waals surface area contributed by atoms with E-state index in [9.17, 15) is 4.79 Å². The molecular formula is C36H56NO2Y2-3. The van der Waals surface area contributed by atoms with E-state index >= 15 is 0 Å². The van der Waals surface area contributed by atoms with Crippen LogP contribution in [0.5, 0.6) is 5.75 Å². The largest absolute Gasteiger partial charge is 0.508 e. The van der Waals surface area contributed by atoms with Gasteiger partial charge in [0.2, 0.25) is 5.91 Å². The molecule has 5 heteroatoms. The molecule has 0 unspecified atom stereocenters. The maximum Gasteiger partial charge on any atom is 0.221 e. The molecule has 0 saturated heterocycles. The summed E-state index contributed by atoms with van der Waals surface area (Å²) in [5.74, 6) is 1.63. The van der Waals surface area contributed by atoms with Gasteiger partial charge in [-0.05, 0) is 35.2 Å². The van der Waals surface area contributed by atoms with Crippen LogP contribution in [0.4, 0.5) is 5.69 Å². The Morgan fingerprint density at radius 3 is 1.51 bits per heavy atom.